The van der Waals surface area contributed by atoms with Gasteiger partial charge < -0.3 is 14.6 Å². The normalized spacial score (nSPS) is 21.3. The number of nitrogens with one attached hydrogen (secondary N) is 1. The van der Waals surface area contributed by atoms with E-state index in [1.807, 2.05) is 42.1 Å². The van der Waals surface area contributed by atoms with Gasteiger partial charge in [-0.05, 0) is 18.1 Å². The molecule has 1 aromatic carbocycles. The SMILES string of the molecule is COc1ccccc1C[C@H]1C(=O)NC[C@@H]1c1cn(C)cn1. The smallest absolute Gasteiger partial charge is 0.224 e. The average Bonchev–Trinajstić information content (AvgIpc) is 3.07. The number of para-hydroxylation sites is 1. The van der Waals surface area contributed by atoms with Gasteiger partial charge in [-0.2, -0.15) is 0 Å². The van der Waals surface area contributed by atoms with E-state index in [0.717, 1.165) is 17.0 Å². The molecule has 3 rings (SSSR count). The highest BCUT2D eigenvalue weighted by Gasteiger charge is 2.37. The molecule has 1 saturated heterocycles. The standard InChI is InChI=1S/C16H19N3O2/c1-19-9-14(18-10-19)13-8-17-16(20)12(13)7-11-5-3-4-6-15(11)21-2/h3-6,9-10,12-13H,7-8H2,1-2H3,(H,17,20)/t12-,13+/m1/s1. The third kappa shape index (κ3) is 2.63. The molecule has 0 radical (unpaired) electrons. The maximum atomic E-state index is 12.2. The van der Waals surface area contributed by atoms with E-state index < -0.39 is 0 Å². The van der Waals surface area contributed by atoms with Crippen LogP contribution in [0.15, 0.2) is 36.8 Å². The van der Waals surface area contributed by atoms with Crippen molar-refractivity contribution < 1.29 is 9.53 Å². The minimum absolute atomic E-state index is 0.0940. The first-order valence-corrected chi connectivity index (χ1v) is 7.06. The number of methoxy groups -OCH3 is 1. The summed E-state index contributed by atoms with van der Waals surface area (Å²) in [5.41, 5.74) is 2.03. The van der Waals surface area contributed by atoms with Crippen LogP contribution in [-0.4, -0.2) is 29.1 Å². The average molecular weight is 285 g/mol. The summed E-state index contributed by atoms with van der Waals surface area (Å²) in [6, 6.07) is 7.85. The predicted octanol–water partition coefficient (Wildman–Crippen LogP) is 1.50. The topological polar surface area (TPSA) is 56.1 Å². The number of hydrogen-bond acceptors (Lipinski definition) is 3. The van der Waals surface area contributed by atoms with Gasteiger partial charge in [0.25, 0.3) is 0 Å². The summed E-state index contributed by atoms with van der Waals surface area (Å²) in [6.45, 7) is 0.648. The molecule has 0 unspecified atom stereocenters. The summed E-state index contributed by atoms with van der Waals surface area (Å²) in [4.78, 5) is 16.6. The van der Waals surface area contributed by atoms with E-state index in [2.05, 4.69) is 10.3 Å². The van der Waals surface area contributed by atoms with E-state index >= 15 is 0 Å². The molecule has 1 N–H and O–H groups in total. The molecule has 1 aliphatic heterocycles. The lowest BCUT2D eigenvalue weighted by Crippen LogP contribution is -2.21. The van der Waals surface area contributed by atoms with Crippen LogP contribution in [-0.2, 0) is 18.3 Å². The van der Waals surface area contributed by atoms with E-state index in [9.17, 15) is 4.79 Å². The molecule has 0 spiro atoms. The Kier molecular flexibility index (Phi) is 3.64. The van der Waals surface area contributed by atoms with Gasteiger partial charge in [-0.1, -0.05) is 18.2 Å². The molecule has 5 heteroatoms. The van der Waals surface area contributed by atoms with Crippen molar-refractivity contribution in [2.75, 3.05) is 13.7 Å². The Bertz CT molecular complexity index is 650. The monoisotopic (exact) mass is 285 g/mol. The van der Waals surface area contributed by atoms with Gasteiger partial charge in [0.2, 0.25) is 5.91 Å². The van der Waals surface area contributed by atoms with E-state index in [-0.39, 0.29) is 17.7 Å². The Morgan fingerprint density at radius 1 is 1.43 bits per heavy atom. The van der Waals surface area contributed by atoms with Crippen molar-refractivity contribution in [2.24, 2.45) is 13.0 Å². The number of carbonyl (C=O) groups excluding carboxylic acids is 1. The highest BCUT2D eigenvalue weighted by Crippen LogP contribution is 2.32. The number of rotatable bonds is 4. The maximum absolute atomic E-state index is 12.2. The zero-order valence-electron chi connectivity index (χ0n) is 12.2. The number of ether oxygens (including phenoxy) is 1. The highest BCUT2D eigenvalue weighted by atomic mass is 16.5. The molecular weight excluding hydrogens is 266 g/mol. The second kappa shape index (κ2) is 5.60. The third-order valence-corrected chi connectivity index (χ3v) is 4.06. The van der Waals surface area contributed by atoms with E-state index in [1.165, 1.54) is 0 Å². The number of aryl methyl sites for hydroxylation is 1. The van der Waals surface area contributed by atoms with Crippen LogP contribution < -0.4 is 10.1 Å². The number of hydrogen-bond donors (Lipinski definition) is 1. The van der Waals surface area contributed by atoms with Crippen LogP contribution in [0.5, 0.6) is 5.75 Å². The predicted molar refractivity (Wildman–Crippen MR) is 79.1 cm³/mol. The summed E-state index contributed by atoms with van der Waals surface area (Å²) in [6.07, 6.45) is 4.43. The van der Waals surface area contributed by atoms with E-state index in [1.54, 1.807) is 13.4 Å². The molecule has 0 saturated carbocycles. The van der Waals surface area contributed by atoms with Crippen LogP contribution in [0.2, 0.25) is 0 Å². The molecule has 5 nitrogen and oxygen atoms in total. The van der Waals surface area contributed by atoms with Crippen molar-refractivity contribution in [3.63, 3.8) is 0 Å². The van der Waals surface area contributed by atoms with Crippen molar-refractivity contribution >= 4 is 5.91 Å². The first-order chi connectivity index (χ1) is 10.2. The molecule has 0 aliphatic carbocycles. The summed E-state index contributed by atoms with van der Waals surface area (Å²) >= 11 is 0. The van der Waals surface area contributed by atoms with Gasteiger partial charge in [-0.3, -0.25) is 4.79 Å². The van der Waals surface area contributed by atoms with Crippen molar-refractivity contribution in [1.82, 2.24) is 14.9 Å². The molecule has 21 heavy (non-hydrogen) atoms. The van der Waals surface area contributed by atoms with Gasteiger partial charge in [-0.25, -0.2) is 4.98 Å². The van der Waals surface area contributed by atoms with Gasteiger partial charge in [-0.15, -0.1) is 0 Å². The lowest BCUT2D eigenvalue weighted by Gasteiger charge is -2.16. The molecule has 2 heterocycles. The summed E-state index contributed by atoms with van der Waals surface area (Å²) < 4.78 is 7.30. The number of nitrogens with zero attached hydrogens (tertiary/aromatic N) is 2. The summed E-state index contributed by atoms with van der Waals surface area (Å²) in [5.74, 6) is 0.938. The molecular formula is C16H19N3O2. The zero-order valence-corrected chi connectivity index (χ0v) is 12.2. The lowest BCUT2D eigenvalue weighted by molar-refractivity contribution is -0.122. The number of imidazole rings is 1. The van der Waals surface area contributed by atoms with E-state index in [4.69, 9.17) is 4.74 Å². The highest BCUT2D eigenvalue weighted by molar-refractivity contribution is 5.82. The number of aromatic nitrogens is 2. The van der Waals surface area contributed by atoms with Crippen LogP contribution in [0.1, 0.15) is 17.2 Å². The molecule has 0 bridgehead atoms. The van der Waals surface area contributed by atoms with Crippen molar-refractivity contribution in [3.8, 4) is 5.75 Å². The first-order valence-electron chi connectivity index (χ1n) is 7.06. The molecule has 2 aromatic rings. The van der Waals surface area contributed by atoms with Crippen LogP contribution in [0.3, 0.4) is 0 Å². The quantitative estimate of drug-likeness (QED) is 0.926. The Morgan fingerprint density at radius 2 is 2.24 bits per heavy atom. The number of amides is 1. The second-order valence-electron chi connectivity index (χ2n) is 5.44. The maximum Gasteiger partial charge on any atom is 0.224 e. The van der Waals surface area contributed by atoms with Gasteiger partial charge in [0.1, 0.15) is 5.75 Å². The van der Waals surface area contributed by atoms with Crippen molar-refractivity contribution in [1.29, 1.82) is 0 Å². The Morgan fingerprint density at radius 3 is 2.95 bits per heavy atom. The Hall–Kier alpha value is -2.30. The van der Waals surface area contributed by atoms with Crippen LogP contribution in [0.25, 0.3) is 0 Å². The van der Waals surface area contributed by atoms with Crippen molar-refractivity contribution in [2.45, 2.75) is 12.3 Å². The molecule has 1 aromatic heterocycles. The lowest BCUT2D eigenvalue weighted by atomic mass is 9.87. The van der Waals surface area contributed by atoms with Crippen molar-refractivity contribution in [3.05, 3.63) is 48.0 Å². The van der Waals surface area contributed by atoms with Gasteiger partial charge in [0.05, 0.1) is 25.0 Å². The van der Waals surface area contributed by atoms with Gasteiger partial charge in [0, 0.05) is 25.7 Å². The Labute approximate surface area is 124 Å². The number of carbonyl (C=O) groups is 1. The zero-order chi connectivity index (χ0) is 14.8. The third-order valence-electron chi connectivity index (χ3n) is 4.06. The number of benzene rings is 1. The van der Waals surface area contributed by atoms with Crippen LogP contribution in [0, 0.1) is 5.92 Å². The fourth-order valence-corrected chi connectivity index (χ4v) is 2.95. The molecule has 1 fully saturated rings. The first kappa shape index (κ1) is 13.7. The van der Waals surface area contributed by atoms with Gasteiger partial charge >= 0.3 is 0 Å². The second-order valence-corrected chi connectivity index (χ2v) is 5.44. The summed E-state index contributed by atoms with van der Waals surface area (Å²) in [7, 11) is 3.60. The van der Waals surface area contributed by atoms with Gasteiger partial charge in [0.15, 0.2) is 0 Å². The molecule has 2 atom stereocenters. The molecule has 110 valence electrons. The van der Waals surface area contributed by atoms with E-state index in [0.29, 0.717) is 13.0 Å². The largest absolute Gasteiger partial charge is 0.496 e. The fourth-order valence-electron chi connectivity index (χ4n) is 2.95. The van der Waals surface area contributed by atoms with Crippen LogP contribution >= 0.6 is 0 Å². The molecule has 1 aliphatic rings. The van der Waals surface area contributed by atoms with Crippen LogP contribution in [0.4, 0.5) is 0 Å². The molecule has 1 amide bonds. The summed E-state index contributed by atoms with van der Waals surface area (Å²) in [5, 5.41) is 2.96. The minimum atomic E-state index is -0.101. The fraction of sp³-hybridized carbons (Fsp3) is 0.375. The minimum Gasteiger partial charge on any atom is -0.496 e. The Balaban J connectivity index is 1.86.